The summed E-state index contributed by atoms with van der Waals surface area (Å²) in [5.74, 6) is 0.319. The van der Waals surface area contributed by atoms with E-state index in [2.05, 4.69) is 5.32 Å². The topological polar surface area (TPSA) is 12.0 Å². The van der Waals surface area contributed by atoms with E-state index in [0.29, 0.717) is 5.92 Å². The van der Waals surface area contributed by atoms with Crippen LogP contribution in [-0.4, -0.2) is 19.8 Å². The maximum atomic E-state index is 12.3. The molecule has 48 valence electrons. The molecule has 8 heavy (non-hydrogen) atoms. The van der Waals surface area contributed by atoms with Gasteiger partial charge in [-0.1, -0.05) is 0 Å². The highest BCUT2D eigenvalue weighted by atomic mass is 19.1. The predicted octanol–water partition coefficient (Wildman–Crippen LogP) is 0.954. The molecule has 0 saturated heterocycles. The van der Waals surface area contributed by atoms with Gasteiger partial charge in [0.25, 0.3) is 0 Å². The molecule has 0 aromatic heterocycles. The Morgan fingerprint density at radius 1 is 1.62 bits per heavy atom. The molecule has 0 aromatic rings. The van der Waals surface area contributed by atoms with E-state index < -0.39 is 6.17 Å². The quantitative estimate of drug-likeness (QED) is 0.568. The summed E-state index contributed by atoms with van der Waals surface area (Å²) in [7, 11) is 1.87. The van der Waals surface area contributed by atoms with Gasteiger partial charge in [0.2, 0.25) is 0 Å². The first-order valence-electron chi connectivity index (χ1n) is 3.13. The van der Waals surface area contributed by atoms with Crippen LogP contribution < -0.4 is 5.32 Å². The van der Waals surface area contributed by atoms with Gasteiger partial charge in [-0.15, -0.1) is 0 Å². The Hall–Kier alpha value is -0.110. The lowest BCUT2D eigenvalue weighted by Crippen LogP contribution is -2.35. The van der Waals surface area contributed by atoms with E-state index in [-0.39, 0.29) is 0 Å². The van der Waals surface area contributed by atoms with Gasteiger partial charge in [0.15, 0.2) is 0 Å². The van der Waals surface area contributed by atoms with Crippen LogP contribution in [0.4, 0.5) is 4.39 Å². The van der Waals surface area contributed by atoms with Gasteiger partial charge in [-0.3, -0.25) is 0 Å². The third-order valence-electron chi connectivity index (χ3n) is 1.79. The maximum Gasteiger partial charge on any atom is 0.104 e. The zero-order valence-corrected chi connectivity index (χ0v) is 5.15. The van der Waals surface area contributed by atoms with E-state index in [4.69, 9.17) is 0 Å². The van der Waals surface area contributed by atoms with Crippen LogP contribution >= 0.6 is 0 Å². The molecule has 0 aliphatic heterocycles. The van der Waals surface area contributed by atoms with E-state index in [9.17, 15) is 4.39 Å². The molecule has 0 bridgehead atoms. The highest BCUT2D eigenvalue weighted by Crippen LogP contribution is 2.29. The fraction of sp³-hybridized carbons (Fsp3) is 1.00. The van der Waals surface area contributed by atoms with Crippen molar-refractivity contribution in [2.75, 3.05) is 13.6 Å². The molecule has 0 aromatic carbocycles. The lowest BCUT2D eigenvalue weighted by Gasteiger charge is -2.29. The standard InChI is InChI=1S/C6H12FN/c1-8-4-5-2-3-6(5)7/h5-6,8H,2-4H2,1H3. The highest BCUT2D eigenvalue weighted by molar-refractivity contribution is 4.81. The average molecular weight is 117 g/mol. The Morgan fingerprint density at radius 3 is 2.50 bits per heavy atom. The minimum absolute atomic E-state index is 0.319. The minimum Gasteiger partial charge on any atom is -0.319 e. The third-order valence-corrected chi connectivity index (χ3v) is 1.79. The largest absolute Gasteiger partial charge is 0.319 e. The number of hydrogen-bond acceptors (Lipinski definition) is 1. The average Bonchev–Trinajstić information content (AvgIpc) is 1.79. The molecular formula is C6H12FN. The van der Waals surface area contributed by atoms with Crippen molar-refractivity contribution in [3.63, 3.8) is 0 Å². The van der Waals surface area contributed by atoms with E-state index in [1.807, 2.05) is 7.05 Å². The molecule has 2 unspecified atom stereocenters. The summed E-state index contributed by atoms with van der Waals surface area (Å²) < 4.78 is 12.3. The second kappa shape index (κ2) is 2.44. The highest BCUT2D eigenvalue weighted by Gasteiger charge is 2.29. The zero-order chi connectivity index (χ0) is 5.98. The monoisotopic (exact) mass is 117 g/mol. The van der Waals surface area contributed by atoms with Crippen molar-refractivity contribution in [1.82, 2.24) is 5.32 Å². The Balaban J connectivity index is 2.08. The summed E-state index contributed by atoms with van der Waals surface area (Å²) in [6, 6.07) is 0. The summed E-state index contributed by atoms with van der Waals surface area (Å²) in [6.45, 7) is 0.848. The zero-order valence-electron chi connectivity index (χ0n) is 5.15. The lowest BCUT2D eigenvalue weighted by molar-refractivity contribution is 0.113. The van der Waals surface area contributed by atoms with E-state index >= 15 is 0 Å². The van der Waals surface area contributed by atoms with Gasteiger partial charge in [-0.2, -0.15) is 0 Å². The Labute approximate surface area is 49.3 Å². The minimum atomic E-state index is -0.512. The number of hydrogen-bond donors (Lipinski definition) is 1. The number of rotatable bonds is 2. The molecule has 1 aliphatic carbocycles. The first-order chi connectivity index (χ1) is 3.84. The summed E-state index contributed by atoms with van der Waals surface area (Å²) >= 11 is 0. The van der Waals surface area contributed by atoms with Crippen molar-refractivity contribution < 1.29 is 4.39 Å². The Bertz CT molecular complexity index is 74.9. The smallest absolute Gasteiger partial charge is 0.104 e. The second-order valence-corrected chi connectivity index (χ2v) is 2.41. The molecule has 1 fully saturated rings. The molecule has 1 N–H and O–H groups in total. The summed E-state index contributed by atoms with van der Waals surface area (Å²) in [5.41, 5.74) is 0. The van der Waals surface area contributed by atoms with Crippen molar-refractivity contribution in [2.24, 2.45) is 5.92 Å². The normalized spacial score (nSPS) is 36.8. The van der Waals surface area contributed by atoms with Crippen LogP contribution in [0.1, 0.15) is 12.8 Å². The molecule has 0 spiro atoms. The number of alkyl halides is 1. The molecule has 2 heteroatoms. The van der Waals surface area contributed by atoms with Gasteiger partial charge in [-0.25, -0.2) is 4.39 Å². The van der Waals surface area contributed by atoms with Crippen LogP contribution in [0, 0.1) is 5.92 Å². The molecule has 0 heterocycles. The van der Waals surface area contributed by atoms with Crippen molar-refractivity contribution in [3.8, 4) is 0 Å². The molecule has 1 nitrogen and oxygen atoms in total. The molecule has 0 amide bonds. The fourth-order valence-electron chi connectivity index (χ4n) is 1.02. The summed E-state index contributed by atoms with van der Waals surface area (Å²) in [5, 5.41) is 2.96. The van der Waals surface area contributed by atoms with Crippen molar-refractivity contribution in [3.05, 3.63) is 0 Å². The second-order valence-electron chi connectivity index (χ2n) is 2.41. The Morgan fingerprint density at radius 2 is 2.38 bits per heavy atom. The summed E-state index contributed by atoms with van der Waals surface area (Å²) in [4.78, 5) is 0. The molecule has 2 atom stereocenters. The molecule has 0 radical (unpaired) electrons. The molecular weight excluding hydrogens is 105 g/mol. The molecule has 1 aliphatic rings. The first kappa shape index (κ1) is 6.02. The maximum absolute atomic E-state index is 12.3. The number of halogens is 1. The van der Waals surface area contributed by atoms with Crippen LogP contribution in [0.2, 0.25) is 0 Å². The van der Waals surface area contributed by atoms with Crippen LogP contribution in [0.5, 0.6) is 0 Å². The Kier molecular flexibility index (Phi) is 1.84. The van der Waals surface area contributed by atoms with Gasteiger partial charge >= 0.3 is 0 Å². The van der Waals surface area contributed by atoms with Gasteiger partial charge in [0, 0.05) is 12.5 Å². The van der Waals surface area contributed by atoms with E-state index in [0.717, 1.165) is 19.4 Å². The van der Waals surface area contributed by atoms with Gasteiger partial charge in [0.1, 0.15) is 6.17 Å². The lowest BCUT2D eigenvalue weighted by atomic mass is 9.83. The van der Waals surface area contributed by atoms with E-state index in [1.165, 1.54) is 0 Å². The molecule has 1 saturated carbocycles. The van der Waals surface area contributed by atoms with Crippen molar-refractivity contribution >= 4 is 0 Å². The van der Waals surface area contributed by atoms with Gasteiger partial charge in [-0.05, 0) is 19.9 Å². The van der Waals surface area contributed by atoms with Crippen LogP contribution in [0.3, 0.4) is 0 Å². The molecule has 1 rings (SSSR count). The van der Waals surface area contributed by atoms with E-state index in [1.54, 1.807) is 0 Å². The van der Waals surface area contributed by atoms with Crippen LogP contribution in [0.15, 0.2) is 0 Å². The first-order valence-corrected chi connectivity index (χ1v) is 3.13. The van der Waals surface area contributed by atoms with Crippen molar-refractivity contribution in [2.45, 2.75) is 19.0 Å². The predicted molar refractivity (Wildman–Crippen MR) is 31.5 cm³/mol. The van der Waals surface area contributed by atoms with Gasteiger partial charge < -0.3 is 5.32 Å². The third kappa shape index (κ3) is 0.996. The SMILES string of the molecule is CNCC1CCC1F. The van der Waals surface area contributed by atoms with Gasteiger partial charge in [0.05, 0.1) is 0 Å². The van der Waals surface area contributed by atoms with Crippen molar-refractivity contribution in [1.29, 1.82) is 0 Å². The summed E-state index contributed by atoms with van der Waals surface area (Å²) in [6.07, 6.45) is 1.34. The van der Waals surface area contributed by atoms with Crippen LogP contribution in [0.25, 0.3) is 0 Å². The fourth-order valence-corrected chi connectivity index (χ4v) is 1.02. The number of nitrogens with one attached hydrogen (secondary N) is 1. The van der Waals surface area contributed by atoms with Crippen LogP contribution in [-0.2, 0) is 0 Å².